The number of hydrazine groups is 1. The van der Waals surface area contributed by atoms with Crippen LogP contribution in [0.3, 0.4) is 0 Å². The van der Waals surface area contributed by atoms with E-state index >= 15 is 0 Å². The zero-order valence-corrected chi connectivity index (χ0v) is 7.54. The first-order chi connectivity index (χ1) is 5.74. The lowest BCUT2D eigenvalue weighted by Crippen LogP contribution is -2.20. The number of nitrogens with zero attached hydrogens (tertiary/aromatic N) is 1. The van der Waals surface area contributed by atoms with Crippen molar-refractivity contribution in [1.29, 1.82) is 0 Å². The molecule has 12 heavy (non-hydrogen) atoms. The van der Waals surface area contributed by atoms with Gasteiger partial charge in [0.25, 0.3) is 0 Å². The van der Waals surface area contributed by atoms with Gasteiger partial charge in [-0.05, 0) is 17.7 Å². The molecule has 0 aliphatic carbocycles. The monoisotopic (exact) mass is 165 g/mol. The minimum Gasteiger partial charge on any atom is -0.378 e. The molecule has 0 aromatic heterocycles. The molecule has 0 atom stereocenters. The Hall–Kier alpha value is -1.06. The van der Waals surface area contributed by atoms with Crippen LogP contribution in [0, 0.1) is 0 Å². The van der Waals surface area contributed by atoms with Gasteiger partial charge in [-0.15, -0.1) is 0 Å². The lowest BCUT2D eigenvalue weighted by atomic mass is 10.2. The van der Waals surface area contributed by atoms with Crippen molar-refractivity contribution >= 4 is 5.69 Å². The van der Waals surface area contributed by atoms with E-state index < -0.39 is 0 Å². The molecule has 66 valence electrons. The Morgan fingerprint density at radius 1 is 1.25 bits per heavy atom. The van der Waals surface area contributed by atoms with Crippen LogP contribution in [0.5, 0.6) is 0 Å². The molecule has 0 saturated heterocycles. The quantitative estimate of drug-likeness (QED) is 0.512. The van der Waals surface area contributed by atoms with E-state index in [0.29, 0.717) is 6.54 Å². The molecule has 0 unspecified atom stereocenters. The van der Waals surface area contributed by atoms with Gasteiger partial charge in [0.1, 0.15) is 0 Å². The van der Waals surface area contributed by atoms with Gasteiger partial charge in [0.05, 0.1) is 0 Å². The van der Waals surface area contributed by atoms with Crippen LogP contribution >= 0.6 is 0 Å². The molecule has 0 heterocycles. The lowest BCUT2D eigenvalue weighted by Gasteiger charge is -2.12. The minimum absolute atomic E-state index is 0.716. The van der Waals surface area contributed by atoms with Crippen molar-refractivity contribution < 1.29 is 0 Å². The van der Waals surface area contributed by atoms with Crippen molar-refractivity contribution in [3.05, 3.63) is 29.8 Å². The third-order valence-corrected chi connectivity index (χ3v) is 1.76. The predicted molar refractivity (Wildman–Crippen MR) is 51.8 cm³/mol. The highest BCUT2D eigenvalue weighted by Gasteiger charge is 1.94. The van der Waals surface area contributed by atoms with Crippen LogP contribution in [0.1, 0.15) is 5.56 Å². The Balaban J connectivity index is 2.71. The minimum atomic E-state index is 0.716. The van der Waals surface area contributed by atoms with Crippen molar-refractivity contribution in [2.45, 2.75) is 6.54 Å². The molecule has 3 nitrogen and oxygen atoms in total. The zero-order chi connectivity index (χ0) is 8.97. The van der Waals surface area contributed by atoms with Gasteiger partial charge in [-0.1, -0.05) is 12.1 Å². The molecule has 3 N–H and O–H groups in total. The summed E-state index contributed by atoms with van der Waals surface area (Å²) in [6, 6.07) is 8.28. The summed E-state index contributed by atoms with van der Waals surface area (Å²) in [4.78, 5) is 2.07. The Bertz CT molecular complexity index is 228. The third kappa shape index (κ3) is 2.22. The first-order valence-corrected chi connectivity index (χ1v) is 3.94. The summed E-state index contributed by atoms with van der Waals surface area (Å²) in [5, 5.41) is 0. The highest BCUT2D eigenvalue weighted by atomic mass is 15.2. The van der Waals surface area contributed by atoms with E-state index in [9.17, 15) is 0 Å². The maximum Gasteiger partial charge on any atom is 0.0361 e. The Morgan fingerprint density at radius 2 is 1.83 bits per heavy atom. The van der Waals surface area contributed by atoms with E-state index in [0.717, 1.165) is 0 Å². The Kier molecular flexibility index (Phi) is 3.08. The second kappa shape index (κ2) is 4.09. The van der Waals surface area contributed by atoms with E-state index in [4.69, 9.17) is 5.84 Å². The molecule has 0 amide bonds. The van der Waals surface area contributed by atoms with Crippen molar-refractivity contribution in [1.82, 2.24) is 5.43 Å². The summed E-state index contributed by atoms with van der Waals surface area (Å²) in [6.07, 6.45) is 0. The third-order valence-electron chi connectivity index (χ3n) is 1.76. The molecule has 3 heteroatoms. The molecular formula is C9H15N3. The summed E-state index contributed by atoms with van der Waals surface area (Å²) >= 11 is 0. The molecule has 0 fully saturated rings. The Labute approximate surface area is 73.1 Å². The van der Waals surface area contributed by atoms with Crippen molar-refractivity contribution in [3.63, 3.8) is 0 Å². The topological polar surface area (TPSA) is 41.3 Å². The first-order valence-electron chi connectivity index (χ1n) is 3.94. The highest BCUT2D eigenvalue weighted by Crippen LogP contribution is 2.11. The van der Waals surface area contributed by atoms with Crippen LogP contribution < -0.4 is 16.2 Å². The molecule has 0 saturated carbocycles. The standard InChI is InChI=1S/C9H15N3/c1-12(2)9-5-3-8(4-6-9)7-11-10/h3-6,11H,7,10H2,1-2H3. The van der Waals surface area contributed by atoms with Gasteiger partial charge in [0, 0.05) is 26.3 Å². The normalized spacial score (nSPS) is 9.92. The fourth-order valence-corrected chi connectivity index (χ4v) is 1.03. The maximum atomic E-state index is 5.20. The Morgan fingerprint density at radius 3 is 2.25 bits per heavy atom. The number of nitrogens with two attached hydrogens (primary N) is 1. The van der Waals surface area contributed by atoms with Crippen LogP contribution in [0.15, 0.2) is 24.3 Å². The largest absolute Gasteiger partial charge is 0.378 e. The number of hydrogen-bond donors (Lipinski definition) is 2. The van der Waals surface area contributed by atoms with Gasteiger partial charge in [-0.2, -0.15) is 0 Å². The van der Waals surface area contributed by atoms with Gasteiger partial charge in [0.2, 0.25) is 0 Å². The average Bonchev–Trinajstić information content (AvgIpc) is 2.06. The van der Waals surface area contributed by atoms with Crippen LogP contribution in [-0.2, 0) is 6.54 Å². The zero-order valence-electron chi connectivity index (χ0n) is 7.54. The molecule has 0 aliphatic rings. The number of anilines is 1. The van der Waals surface area contributed by atoms with E-state index in [1.165, 1.54) is 11.3 Å². The fraction of sp³-hybridized carbons (Fsp3) is 0.333. The first kappa shape index (κ1) is 9.03. The summed E-state index contributed by atoms with van der Waals surface area (Å²) in [5.74, 6) is 5.20. The van der Waals surface area contributed by atoms with E-state index in [1.807, 2.05) is 14.1 Å². The smallest absolute Gasteiger partial charge is 0.0361 e. The van der Waals surface area contributed by atoms with Gasteiger partial charge in [0.15, 0.2) is 0 Å². The molecule has 0 spiro atoms. The second-order valence-electron chi connectivity index (χ2n) is 2.94. The van der Waals surface area contributed by atoms with Crippen LogP contribution in [-0.4, -0.2) is 14.1 Å². The second-order valence-corrected chi connectivity index (χ2v) is 2.94. The fourth-order valence-electron chi connectivity index (χ4n) is 1.03. The molecule has 1 aromatic rings. The van der Waals surface area contributed by atoms with Crippen LogP contribution in [0.4, 0.5) is 5.69 Å². The van der Waals surface area contributed by atoms with Gasteiger partial charge in [-0.25, -0.2) is 0 Å². The lowest BCUT2D eigenvalue weighted by molar-refractivity contribution is 0.741. The van der Waals surface area contributed by atoms with Gasteiger partial charge >= 0.3 is 0 Å². The SMILES string of the molecule is CN(C)c1ccc(CNN)cc1. The van der Waals surface area contributed by atoms with Gasteiger partial charge < -0.3 is 4.90 Å². The summed E-state index contributed by atoms with van der Waals surface area (Å²) < 4.78 is 0. The molecular weight excluding hydrogens is 150 g/mol. The predicted octanol–water partition coefficient (Wildman–Crippen LogP) is 0.716. The number of rotatable bonds is 3. The average molecular weight is 165 g/mol. The van der Waals surface area contributed by atoms with Crippen molar-refractivity contribution in [2.75, 3.05) is 19.0 Å². The highest BCUT2D eigenvalue weighted by molar-refractivity contribution is 5.45. The molecule has 0 radical (unpaired) electrons. The number of hydrogen-bond acceptors (Lipinski definition) is 3. The van der Waals surface area contributed by atoms with Crippen LogP contribution in [0.2, 0.25) is 0 Å². The molecule has 1 aromatic carbocycles. The van der Waals surface area contributed by atoms with Crippen molar-refractivity contribution in [3.8, 4) is 0 Å². The van der Waals surface area contributed by atoms with Gasteiger partial charge in [-0.3, -0.25) is 11.3 Å². The maximum absolute atomic E-state index is 5.20. The summed E-state index contributed by atoms with van der Waals surface area (Å²) in [6.45, 7) is 0.716. The van der Waals surface area contributed by atoms with Crippen LogP contribution in [0.25, 0.3) is 0 Å². The summed E-state index contributed by atoms with van der Waals surface area (Å²) in [5.41, 5.74) is 5.02. The molecule has 1 rings (SSSR count). The van der Waals surface area contributed by atoms with Crippen molar-refractivity contribution in [2.24, 2.45) is 5.84 Å². The van der Waals surface area contributed by atoms with E-state index in [2.05, 4.69) is 34.6 Å². The number of benzene rings is 1. The van der Waals surface area contributed by atoms with E-state index in [-0.39, 0.29) is 0 Å². The summed E-state index contributed by atoms with van der Waals surface area (Å²) in [7, 11) is 4.05. The molecule has 0 aliphatic heterocycles. The number of nitrogens with one attached hydrogen (secondary N) is 1. The molecule has 0 bridgehead atoms. The van der Waals surface area contributed by atoms with E-state index in [1.54, 1.807) is 0 Å².